The van der Waals surface area contributed by atoms with Gasteiger partial charge in [0.15, 0.2) is 0 Å². The third-order valence-corrected chi connectivity index (χ3v) is 3.02. The van der Waals surface area contributed by atoms with Crippen molar-refractivity contribution in [1.82, 2.24) is 0 Å². The maximum absolute atomic E-state index is 11.9. The fraction of sp³-hybridized carbons (Fsp3) is 0.286. The van der Waals surface area contributed by atoms with Crippen molar-refractivity contribution >= 4 is 17.6 Å². The number of carboxylic acids is 1. The van der Waals surface area contributed by atoms with Crippen LogP contribution >= 0.6 is 0 Å². The highest BCUT2D eigenvalue weighted by atomic mass is 16.4. The van der Waals surface area contributed by atoms with Crippen LogP contribution in [0.25, 0.3) is 0 Å². The van der Waals surface area contributed by atoms with E-state index >= 15 is 0 Å². The van der Waals surface area contributed by atoms with Crippen LogP contribution in [0.2, 0.25) is 0 Å². The first-order valence-electron chi connectivity index (χ1n) is 5.80. The Hall–Kier alpha value is -2.10. The zero-order valence-electron chi connectivity index (χ0n) is 10.3. The maximum Gasteiger partial charge on any atom is 0.335 e. The quantitative estimate of drug-likeness (QED) is 0.828. The zero-order valence-corrected chi connectivity index (χ0v) is 10.3. The summed E-state index contributed by atoms with van der Waals surface area (Å²) < 4.78 is 0. The van der Waals surface area contributed by atoms with Gasteiger partial charge in [0.2, 0.25) is 5.91 Å². The molecule has 1 heterocycles. The van der Waals surface area contributed by atoms with E-state index in [1.54, 1.807) is 17.0 Å². The second-order valence-electron chi connectivity index (χ2n) is 4.58. The van der Waals surface area contributed by atoms with Gasteiger partial charge in [-0.05, 0) is 37.1 Å². The number of carboxylic acid groups (broad SMARTS) is 1. The van der Waals surface area contributed by atoms with Crippen LogP contribution in [0.5, 0.6) is 0 Å². The first-order chi connectivity index (χ1) is 8.49. The number of aromatic carboxylic acids is 1. The Morgan fingerprint density at radius 2 is 2.22 bits per heavy atom. The standard InChI is InChI=1S/C14H15NO3/c1-9(2)5-6-15-12-4-3-10(14(17)18)7-11(12)8-13(15)16/h3-4,7H,1,5-6,8H2,2H3,(H,17,18). The minimum Gasteiger partial charge on any atom is -0.478 e. The predicted octanol–water partition coefficient (Wildman–Crippen LogP) is 2.24. The number of rotatable bonds is 4. The van der Waals surface area contributed by atoms with Crippen molar-refractivity contribution in [2.45, 2.75) is 19.8 Å². The normalized spacial score (nSPS) is 13.6. The molecule has 0 atom stereocenters. The summed E-state index contributed by atoms with van der Waals surface area (Å²) in [5.41, 5.74) is 2.87. The molecule has 1 aromatic rings. The molecule has 4 nitrogen and oxygen atoms in total. The molecular weight excluding hydrogens is 230 g/mol. The molecule has 94 valence electrons. The molecule has 0 radical (unpaired) electrons. The molecule has 0 spiro atoms. The highest BCUT2D eigenvalue weighted by Gasteiger charge is 2.27. The Morgan fingerprint density at radius 3 is 2.83 bits per heavy atom. The largest absolute Gasteiger partial charge is 0.478 e. The van der Waals surface area contributed by atoms with Crippen LogP contribution in [0.3, 0.4) is 0 Å². The van der Waals surface area contributed by atoms with Gasteiger partial charge in [-0.15, -0.1) is 6.58 Å². The monoisotopic (exact) mass is 245 g/mol. The van der Waals surface area contributed by atoms with E-state index in [1.807, 2.05) is 6.92 Å². The highest BCUT2D eigenvalue weighted by Crippen LogP contribution is 2.30. The summed E-state index contributed by atoms with van der Waals surface area (Å²) in [6, 6.07) is 4.83. The number of hydrogen-bond donors (Lipinski definition) is 1. The van der Waals surface area contributed by atoms with Gasteiger partial charge in [-0.1, -0.05) is 5.57 Å². The Morgan fingerprint density at radius 1 is 1.50 bits per heavy atom. The Kier molecular flexibility index (Phi) is 3.19. The van der Waals surface area contributed by atoms with Crippen LogP contribution < -0.4 is 4.90 Å². The third kappa shape index (κ3) is 2.27. The number of fused-ring (bicyclic) bond motifs is 1. The molecule has 0 saturated heterocycles. The average molecular weight is 245 g/mol. The Bertz CT molecular complexity index is 534. The van der Waals surface area contributed by atoms with E-state index in [2.05, 4.69) is 6.58 Å². The lowest BCUT2D eigenvalue weighted by Gasteiger charge is -2.17. The van der Waals surface area contributed by atoms with Crippen molar-refractivity contribution in [2.75, 3.05) is 11.4 Å². The van der Waals surface area contributed by atoms with E-state index in [9.17, 15) is 9.59 Å². The predicted molar refractivity (Wildman–Crippen MR) is 68.9 cm³/mol. The molecule has 0 saturated carbocycles. The van der Waals surface area contributed by atoms with Crippen LogP contribution in [0, 0.1) is 0 Å². The molecule has 0 unspecified atom stereocenters. The summed E-state index contributed by atoms with van der Waals surface area (Å²) in [5, 5.41) is 8.91. The maximum atomic E-state index is 11.9. The highest BCUT2D eigenvalue weighted by molar-refractivity contribution is 6.02. The second kappa shape index (κ2) is 4.64. The van der Waals surface area contributed by atoms with E-state index < -0.39 is 5.97 Å². The minimum atomic E-state index is -0.967. The van der Waals surface area contributed by atoms with Gasteiger partial charge in [0.1, 0.15) is 0 Å². The van der Waals surface area contributed by atoms with E-state index in [0.29, 0.717) is 6.54 Å². The summed E-state index contributed by atoms with van der Waals surface area (Å²) >= 11 is 0. The molecule has 2 rings (SSSR count). The zero-order chi connectivity index (χ0) is 13.3. The molecule has 4 heteroatoms. The summed E-state index contributed by atoms with van der Waals surface area (Å²) in [6.07, 6.45) is 1.04. The van der Waals surface area contributed by atoms with Crippen LogP contribution in [0.4, 0.5) is 5.69 Å². The Balaban J connectivity index is 2.26. The van der Waals surface area contributed by atoms with Gasteiger partial charge in [0, 0.05) is 12.2 Å². The first kappa shape index (κ1) is 12.4. The van der Waals surface area contributed by atoms with Crippen LogP contribution in [-0.2, 0) is 11.2 Å². The molecule has 1 aliphatic rings. The molecule has 1 aliphatic heterocycles. The van der Waals surface area contributed by atoms with Gasteiger partial charge >= 0.3 is 5.97 Å². The number of amides is 1. The summed E-state index contributed by atoms with van der Waals surface area (Å²) in [5.74, 6) is -0.945. The number of carbonyl (C=O) groups excluding carboxylic acids is 1. The van der Waals surface area contributed by atoms with Crippen molar-refractivity contribution in [3.05, 3.63) is 41.5 Å². The van der Waals surface area contributed by atoms with Crippen LogP contribution in [0.1, 0.15) is 29.3 Å². The molecule has 0 fully saturated rings. The summed E-state index contributed by atoms with van der Waals surface area (Å²) in [7, 11) is 0. The molecule has 1 amide bonds. The van der Waals surface area contributed by atoms with E-state index in [1.165, 1.54) is 6.07 Å². The fourth-order valence-electron chi connectivity index (χ4n) is 2.06. The minimum absolute atomic E-state index is 0.0220. The SMILES string of the molecule is C=C(C)CCN1C(=O)Cc2cc(C(=O)O)ccc21. The topological polar surface area (TPSA) is 57.6 Å². The van der Waals surface area contributed by atoms with Crippen LogP contribution in [0.15, 0.2) is 30.4 Å². The second-order valence-corrected chi connectivity index (χ2v) is 4.58. The van der Waals surface area contributed by atoms with Crippen molar-refractivity contribution in [2.24, 2.45) is 0 Å². The third-order valence-electron chi connectivity index (χ3n) is 3.02. The number of hydrogen-bond acceptors (Lipinski definition) is 2. The molecular formula is C14H15NO3. The lowest BCUT2D eigenvalue weighted by Crippen LogP contribution is -2.27. The van der Waals surface area contributed by atoms with Gasteiger partial charge in [0.25, 0.3) is 0 Å². The van der Waals surface area contributed by atoms with Gasteiger partial charge in [-0.25, -0.2) is 4.79 Å². The Labute approximate surface area is 106 Å². The van der Waals surface area contributed by atoms with Gasteiger partial charge in [-0.2, -0.15) is 0 Å². The molecule has 0 aliphatic carbocycles. The smallest absolute Gasteiger partial charge is 0.335 e. The van der Waals surface area contributed by atoms with Crippen molar-refractivity contribution in [3.8, 4) is 0 Å². The van der Waals surface area contributed by atoms with E-state index in [0.717, 1.165) is 23.2 Å². The van der Waals surface area contributed by atoms with Crippen molar-refractivity contribution in [1.29, 1.82) is 0 Å². The van der Waals surface area contributed by atoms with E-state index in [4.69, 9.17) is 5.11 Å². The van der Waals surface area contributed by atoms with Crippen molar-refractivity contribution in [3.63, 3.8) is 0 Å². The molecule has 18 heavy (non-hydrogen) atoms. The van der Waals surface area contributed by atoms with Crippen molar-refractivity contribution < 1.29 is 14.7 Å². The number of nitrogens with zero attached hydrogens (tertiary/aromatic N) is 1. The van der Waals surface area contributed by atoms with Crippen LogP contribution in [-0.4, -0.2) is 23.5 Å². The van der Waals surface area contributed by atoms with Gasteiger partial charge in [0.05, 0.1) is 12.0 Å². The first-order valence-corrected chi connectivity index (χ1v) is 5.80. The molecule has 0 aromatic heterocycles. The summed E-state index contributed by atoms with van der Waals surface area (Å²) in [6.45, 7) is 6.35. The number of carbonyl (C=O) groups is 2. The average Bonchev–Trinajstić information content (AvgIpc) is 2.60. The molecule has 0 bridgehead atoms. The summed E-state index contributed by atoms with van der Waals surface area (Å²) in [4.78, 5) is 24.4. The number of anilines is 1. The fourth-order valence-corrected chi connectivity index (χ4v) is 2.06. The van der Waals surface area contributed by atoms with Gasteiger partial charge < -0.3 is 10.0 Å². The number of benzene rings is 1. The molecule has 1 N–H and O–H groups in total. The van der Waals surface area contributed by atoms with E-state index in [-0.39, 0.29) is 17.9 Å². The lowest BCUT2D eigenvalue weighted by atomic mass is 10.1. The molecule has 1 aromatic carbocycles. The lowest BCUT2D eigenvalue weighted by molar-refractivity contribution is -0.117. The van der Waals surface area contributed by atoms with Gasteiger partial charge in [-0.3, -0.25) is 4.79 Å².